The van der Waals surface area contributed by atoms with Gasteiger partial charge in [-0.2, -0.15) is 0 Å². The van der Waals surface area contributed by atoms with E-state index in [4.69, 9.17) is 0 Å². The highest BCUT2D eigenvalue weighted by molar-refractivity contribution is 5.93. The first-order valence-corrected chi connectivity index (χ1v) is 14.7. The summed E-state index contributed by atoms with van der Waals surface area (Å²) in [7, 11) is 4.85. The molecule has 6 atom stereocenters. The Hall–Kier alpha value is -2.87. The first-order chi connectivity index (χ1) is 18.6. The van der Waals surface area contributed by atoms with Crippen molar-refractivity contribution in [3.63, 3.8) is 0 Å². The molecule has 1 aromatic carbocycles. The molecule has 4 bridgehead atoms. The lowest BCUT2D eigenvalue weighted by molar-refractivity contribution is -0.124. The summed E-state index contributed by atoms with van der Waals surface area (Å²) in [5.41, 5.74) is 1.77. The zero-order valence-electron chi connectivity index (χ0n) is 23.5. The maximum absolute atomic E-state index is 13.9. The summed E-state index contributed by atoms with van der Waals surface area (Å²) in [5, 5.41) is 10.7. The Labute approximate surface area is 229 Å². The average Bonchev–Trinajstić information content (AvgIpc) is 3.06. The fraction of sp³-hybridized carbons (Fsp3) is 0.645. The number of aromatic hydroxyl groups is 1. The molecule has 1 saturated heterocycles. The highest BCUT2D eigenvalue weighted by atomic mass is 16.3. The summed E-state index contributed by atoms with van der Waals surface area (Å²) in [6.45, 7) is 3.44. The number of benzene rings is 1. The highest BCUT2D eigenvalue weighted by Gasteiger charge is 2.74. The van der Waals surface area contributed by atoms with Gasteiger partial charge in [0.1, 0.15) is 11.3 Å². The predicted molar refractivity (Wildman–Crippen MR) is 148 cm³/mol. The third kappa shape index (κ3) is 3.07. The largest absolute Gasteiger partial charge is 0.508 e. The van der Waals surface area contributed by atoms with Gasteiger partial charge in [-0.3, -0.25) is 19.1 Å². The number of rotatable bonds is 3. The molecule has 4 aliphatic carbocycles. The van der Waals surface area contributed by atoms with E-state index in [0.29, 0.717) is 23.8 Å². The van der Waals surface area contributed by atoms with Crippen LogP contribution in [0.2, 0.25) is 0 Å². The Morgan fingerprint density at radius 2 is 1.90 bits per heavy atom. The summed E-state index contributed by atoms with van der Waals surface area (Å²) in [4.78, 5) is 43.9. The van der Waals surface area contributed by atoms with Crippen LogP contribution in [0.1, 0.15) is 73.4 Å². The van der Waals surface area contributed by atoms with E-state index < -0.39 is 11.2 Å². The van der Waals surface area contributed by atoms with Crippen LogP contribution in [0.5, 0.6) is 5.75 Å². The number of likely N-dealkylation sites (tertiary alicyclic amines) is 1. The summed E-state index contributed by atoms with van der Waals surface area (Å²) >= 11 is 0. The van der Waals surface area contributed by atoms with Crippen LogP contribution in [0, 0.1) is 17.3 Å². The Balaban J connectivity index is 1.35. The van der Waals surface area contributed by atoms with Crippen molar-refractivity contribution in [1.82, 2.24) is 18.9 Å². The number of carbonyl (C=O) groups is 1. The zero-order valence-corrected chi connectivity index (χ0v) is 23.5. The van der Waals surface area contributed by atoms with E-state index in [0.717, 1.165) is 43.2 Å². The van der Waals surface area contributed by atoms with Crippen molar-refractivity contribution in [3.05, 3.63) is 61.9 Å². The molecule has 0 radical (unpaired) electrons. The second kappa shape index (κ2) is 8.32. The quantitative estimate of drug-likeness (QED) is 0.657. The van der Waals surface area contributed by atoms with Gasteiger partial charge in [-0.05, 0) is 92.0 Å². The first-order valence-electron chi connectivity index (χ1n) is 14.7. The van der Waals surface area contributed by atoms with Gasteiger partial charge in [0, 0.05) is 50.9 Å². The number of hydrogen-bond donors (Lipinski definition) is 1. The van der Waals surface area contributed by atoms with Crippen LogP contribution in [0.15, 0.2) is 34.0 Å². The lowest BCUT2D eigenvalue weighted by atomic mass is 9.43. The van der Waals surface area contributed by atoms with Gasteiger partial charge in [-0.25, -0.2) is 4.79 Å². The van der Waals surface area contributed by atoms with Crippen LogP contribution >= 0.6 is 0 Å². The highest BCUT2D eigenvalue weighted by Crippen LogP contribution is 2.74. The number of nitrogens with zero attached hydrogens (tertiary/aromatic N) is 4. The van der Waals surface area contributed by atoms with Crippen molar-refractivity contribution < 1.29 is 9.90 Å². The number of carbonyl (C=O) groups excluding carboxylic acids is 1. The van der Waals surface area contributed by atoms with Gasteiger partial charge in [0.05, 0.1) is 0 Å². The number of amides is 1. The molecule has 1 amide bonds. The number of phenols is 1. The van der Waals surface area contributed by atoms with E-state index in [2.05, 4.69) is 17.9 Å². The van der Waals surface area contributed by atoms with Crippen LogP contribution in [-0.4, -0.2) is 61.7 Å². The van der Waals surface area contributed by atoms with Gasteiger partial charge >= 0.3 is 5.69 Å². The number of aromatic nitrogens is 2. The van der Waals surface area contributed by atoms with Gasteiger partial charge < -0.3 is 14.6 Å². The molecule has 5 aliphatic rings. The SMILES string of the molecule is C[C@H]1CC23CCC(N(C)C(=O)c4cn(C)c(=O)n(C)c4=O)C1C21CCN(C2CCC2)C3Cc2ccc(O)cc21. The normalized spacial score (nSPS) is 35.2. The van der Waals surface area contributed by atoms with Crippen molar-refractivity contribution in [2.45, 2.75) is 81.8 Å². The maximum Gasteiger partial charge on any atom is 0.330 e. The fourth-order valence-electron chi connectivity index (χ4n) is 10.3. The second-order valence-corrected chi connectivity index (χ2v) is 13.3. The standard InChI is InChI=1S/C31H40N4O4/c1-18-16-30-11-10-24(33(3)27(37)22-17-32(2)29(39)34(4)28(22)38)26(18)31(30)12-13-35(20-6-5-7-20)25(30)14-19-8-9-21(36)15-23(19)31/h8-9,15,17-18,20,24-26,36H,5-7,10-14,16H2,1-4H3/t18-,24?,25?,26?,30?,31?/m0/s1. The van der Waals surface area contributed by atoms with Crippen molar-refractivity contribution in [1.29, 1.82) is 0 Å². The molecule has 2 heterocycles. The third-order valence-electron chi connectivity index (χ3n) is 11.9. The van der Waals surface area contributed by atoms with Crippen molar-refractivity contribution in [2.75, 3.05) is 13.6 Å². The van der Waals surface area contributed by atoms with Crippen LogP contribution in [-0.2, 0) is 25.9 Å². The maximum atomic E-state index is 13.9. The summed E-state index contributed by atoms with van der Waals surface area (Å²) < 4.78 is 2.33. The minimum atomic E-state index is -0.542. The number of piperidine rings is 1. The molecule has 0 spiro atoms. The van der Waals surface area contributed by atoms with Crippen LogP contribution in [0.3, 0.4) is 0 Å². The minimum Gasteiger partial charge on any atom is -0.508 e. The number of fused-ring (bicyclic) bond motifs is 1. The van der Waals surface area contributed by atoms with E-state index >= 15 is 0 Å². The summed E-state index contributed by atoms with van der Waals surface area (Å²) in [6, 6.07) is 7.20. The molecule has 4 fully saturated rings. The molecule has 8 nitrogen and oxygen atoms in total. The molecule has 2 aromatic rings. The van der Waals surface area contributed by atoms with Crippen LogP contribution < -0.4 is 11.2 Å². The number of aryl methyl sites for hydroxylation is 1. The number of hydrogen-bond acceptors (Lipinski definition) is 5. The second-order valence-electron chi connectivity index (χ2n) is 13.3. The van der Waals surface area contributed by atoms with Crippen molar-refractivity contribution in [2.24, 2.45) is 31.3 Å². The molecule has 5 unspecified atom stereocenters. The van der Waals surface area contributed by atoms with E-state index in [9.17, 15) is 19.5 Å². The van der Waals surface area contributed by atoms with E-state index in [-0.39, 0.29) is 34.3 Å². The molecule has 8 heteroatoms. The Morgan fingerprint density at radius 1 is 1.13 bits per heavy atom. The monoisotopic (exact) mass is 532 g/mol. The molecule has 39 heavy (non-hydrogen) atoms. The zero-order chi connectivity index (χ0) is 27.4. The topological polar surface area (TPSA) is 87.8 Å². The number of phenolic OH excluding ortho intramolecular Hbond substituents is 1. The van der Waals surface area contributed by atoms with E-state index in [1.807, 2.05) is 24.1 Å². The Bertz CT molecular complexity index is 1490. The molecule has 3 saturated carbocycles. The first kappa shape index (κ1) is 25.1. The minimum absolute atomic E-state index is 0.0192. The molecule has 1 N–H and O–H groups in total. The molecule has 7 rings (SSSR count). The van der Waals surface area contributed by atoms with Gasteiger partial charge in [-0.15, -0.1) is 0 Å². The Kier molecular flexibility index (Phi) is 5.36. The lowest BCUT2D eigenvalue weighted by Crippen LogP contribution is -2.71. The molecular formula is C31H40N4O4. The van der Waals surface area contributed by atoms with Gasteiger partial charge in [0.15, 0.2) is 0 Å². The summed E-state index contributed by atoms with van der Waals surface area (Å²) in [5.74, 6) is 0.663. The Morgan fingerprint density at radius 3 is 2.62 bits per heavy atom. The van der Waals surface area contributed by atoms with Gasteiger partial charge in [-0.1, -0.05) is 19.4 Å². The van der Waals surface area contributed by atoms with Crippen molar-refractivity contribution >= 4 is 5.91 Å². The predicted octanol–water partition coefficient (Wildman–Crippen LogP) is 2.79. The smallest absolute Gasteiger partial charge is 0.330 e. The van der Waals surface area contributed by atoms with Crippen LogP contribution in [0.4, 0.5) is 0 Å². The summed E-state index contributed by atoms with van der Waals surface area (Å²) in [6.07, 6.45) is 10.5. The van der Waals surface area contributed by atoms with Crippen LogP contribution in [0.25, 0.3) is 0 Å². The molecule has 1 aliphatic heterocycles. The van der Waals surface area contributed by atoms with E-state index in [1.54, 1.807) is 7.05 Å². The third-order valence-corrected chi connectivity index (χ3v) is 11.9. The van der Waals surface area contributed by atoms with Crippen molar-refractivity contribution in [3.8, 4) is 5.75 Å². The lowest BCUT2D eigenvalue weighted by Gasteiger charge is -2.68. The van der Waals surface area contributed by atoms with Gasteiger partial charge in [0.25, 0.3) is 11.5 Å². The average molecular weight is 533 g/mol. The van der Waals surface area contributed by atoms with Gasteiger partial charge in [0.2, 0.25) is 0 Å². The van der Waals surface area contributed by atoms with E-state index in [1.165, 1.54) is 48.2 Å². The molecule has 1 aromatic heterocycles. The molecular weight excluding hydrogens is 492 g/mol. The molecule has 208 valence electrons. The fourth-order valence-corrected chi connectivity index (χ4v) is 10.3.